The van der Waals surface area contributed by atoms with Gasteiger partial charge in [0.2, 0.25) is 5.91 Å². The van der Waals surface area contributed by atoms with E-state index in [1.165, 1.54) is 23.1 Å². The second-order valence-electron chi connectivity index (χ2n) is 6.51. The molecule has 1 aliphatic rings. The molecular weight excluding hydrogens is 380 g/mol. The summed E-state index contributed by atoms with van der Waals surface area (Å²) in [6.45, 7) is 6.32. The number of rotatable bonds is 5. The van der Waals surface area contributed by atoms with Gasteiger partial charge in [0.1, 0.15) is 0 Å². The minimum absolute atomic E-state index is 0.0642. The van der Waals surface area contributed by atoms with Gasteiger partial charge in [-0.05, 0) is 43.5 Å². The molecule has 0 unspecified atom stereocenters. The zero-order valence-corrected chi connectivity index (χ0v) is 17.5. The third kappa shape index (κ3) is 4.68. The number of nitrogens with zero attached hydrogens (tertiary/aromatic N) is 4. The van der Waals surface area contributed by atoms with Crippen molar-refractivity contribution in [2.24, 2.45) is 0 Å². The summed E-state index contributed by atoms with van der Waals surface area (Å²) in [5, 5.41) is 2.68. The number of amides is 2. The fraction of sp³-hybridized carbons (Fsp3) is 0.474. The number of aromatic nitrogens is 2. The summed E-state index contributed by atoms with van der Waals surface area (Å²) in [5.41, 5.74) is 2.96. The van der Waals surface area contributed by atoms with Crippen LogP contribution in [0.4, 0.5) is 0 Å². The number of piperazine rings is 1. The highest BCUT2D eigenvalue weighted by Crippen LogP contribution is 2.18. The molecule has 6 nitrogen and oxygen atoms in total. The highest BCUT2D eigenvalue weighted by atomic mass is 32.2. The van der Waals surface area contributed by atoms with Gasteiger partial charge in [-0.15, -0.1) is 11.3 Å². The quantitative estimate of drug-likeness (QED) is 0.566. The fourth-order valence-corrected chi connectivity index (χ4v) is 4.41. The van der Waals surface area contributed by atoms with E-state index >= 15 is 0 Å². The van der Waals surface area contributed by atoms with Crippen molar-refractivity contribution in [2.45, 2.75) is 31.8 Å². The van der Waals surface area contributed by atoms with Gasteiger partial charge in [0, 0.05) is 44.0 Å². The molecule has 1 saturated heterocycles. The first-order valence-electron chi connectivity index (χ1n) is 8.98. The maximum atomic E-state index is 12.6. The van der Waals surface area contributed by atoms with Crippen molar-refractivity contribution in [3.63, 3.8) is 0 Å². The average molecular weight is 405 g/mol. The van der Waals surface area contributed by atoms with Crippen LogP contribution in [0, 0.1) is 13.8 Å². The fourth-order valence-electron chi connectivity index (χ4n) is 3.27. The molecule has 144 valence electrons. The van der Waals surface area contributed by atoms with E-state index in [-0.39, 0.29) is 11.8 Å². The predicted molar refractivity (Wildman–Crippen MR) is 108 cm³/mol. The molecule has 2 aromatic rings. The molecule has 1 fully saturated rings. The van der Waals surface area contributed by atoms with Crippen LogP contribution in [-0.4, -0.2) is 64.0 Å². The van der Waals surface area contributed by atoms with Crippen LogP contribution in [0.2, 0.25) is 0 Å². The summed E-state index contributed by atoms with van der Waals surface area (Å²) in [5.74, 6) is 0.195. The lowest BCUT2D eigenvalue weighted by Crippen LogP contribution is -2.50. The first-order chi connectivity index (χ1) is 13.0. The molecular formula is C19H24N4O2S2. The normalized spacial score (nSPS) is 14.5. The van der Waals surface area contributed by atoms with E-state index in [0.29, 0.717) is 39.0 Å². The molecule has 0 N–H and O–H groups in total. The number of thiophene rings is 1. The predicted octanol–water partition coefficient (Wildman–Crippen LogP) is 2.79. The Bertz CT molecular complexity index is 792. The summed E-state index contributed by atoms with van der Waals surface area (Å²) in [6.07, 6.45) is 3.06. The number of carbonyl (C=O) groups is 2. The van der Waals surface area contributed by atoms with Crippen molar-refractivity contribution in [1.82, 2.24) is 19.8 Å². The van der Waals surface area contributed by atoms with Gasteiger partial charge in [0.25, 0.3) is 5.91 Å². The van der Waals surface area contributed by atoms with E-state index in [4.69, 9.17) is 0 Å². The van der Waals surface area contributed by atoms with Gasteiger partial charge in [-0.2, -0.15) is 0 Å². The zero-order valence-electron chi connectivity index (χ0n) is 15.9. The number of aryl methyl sites for hydroxylation is 2. The second kappa shape index (κ2) is 8.84. The Kier molecular flexibility index (Phi) is 6.49. The summed E-state index contributed by atoms with van der Waals surface area (Å²) >= 11 is 2.98. The average Bonchev–Trinajstić information content (AvgIpc) is 3.21. The Morgan fingerprint density at radius 3 is 2.30 bits per heavy atom. The first-order valence-corrected chi connectivity index (χ1v) is 11.1. The van der Waals surface area contributed by atoms with Gasteiger partial charge >= 0.3 is 0 Å². The van der Waals surface area contributed by atoms with Crippen LogP contribution in [0.1, 0.15) is 33.0 Å². The standard InChI is InChI=1S/C19H24N4O2S2/c1-13-15(14(2)21-19(20-13)26-3)6-7-17(24)22-8-10-23(11-9-22)18(25)16-5-4-12-27-16/h4-5,12H,6-11H2,1-3H3. The smallest absolute Gasteiger partial charge is 0.264 e. The maximum Gasteiger partial charge on any atom is 0.264 e. The second-order valence-corrected chi connectivity index (χ2v) is 8.23. The topological polar surface area (TPSA) is 66.4 Å². The Morgan fingerprint density at radius 1 is 1.11 bits per heavy atom. The molecule has 3 heterocycles. The van der Waals surface area contributed by atoms with E-state index in [0.717, 1.165) is 27.0 Å². The first kappa shape index (κ1) is 19.8. The lowest BCUT2D eigenvalue weighted by molar-refractivity contribution is -0.132. The summed E-state index contributed by atoms with van der Waals surface area (Å²) < 4.78 is 0. The zero-order chi connectivity index (χ0) is 19.4. The molecule has 0 radical (unpaired) electrons. The summed E-state index contributed by atoms with van der Waals surface area (Å²) in [7, 11) is 0. The molecule has 1 aliphatic heterocycles. The van der Waals surface area contributed by atoms with Crippen molar-refractivity contribution in [3.8, 4) is 0 Å². The van der Waals surface area contributed by atoms with Crippen molar-refractivity contribution in [2.75, 3.05) is 32.4 Å². The Labute approximate surface area is 168 Å². The Hall–Kier alpha value is -1.93. The van der Waals surface area contributed by atoms with E-state index < -0.39 is 0 Å². The summed E-state index contributed by atoms with van der Waals surface area (Å²) in [4.78, 5) is 38.4. The van der Waals surface area contributed by atoms with Gasteiger partial charge < -0.3 is 9.80 Å². The van der Waals surface area contributed by atoms with Crippen molar-refractivity contribution < 1.29 is 9.59 Å². The van der Waals surface area contributed by atoms with Crippen LogP contribution in [0.15, 0.2) is 22.7 Å². The Morgan fingerprint density at radius 2 is 1.74 bits per heavy atom. The minimum Gasteiger partial charge on any atom is -0.339 e. The Balaban J connectivity index is 1.52. The molecule has 0 bridgehead atoms. The van der Waals surface area contributed by atoms with Crippen LogP contribution in [0.5, 0.6) is 0 Å². The van der Waals surface area contributed by atoms with Crippen LogP contribution < -0.4 is 0 Å². The lowest BCUT2D eigenvalue weighted by atomic mass is 10.1. The molecule has 2 aromatic heterocycles. The third-order valence-corrected chi connectivity index (χ3v) is 6.23. The highest BCUT2D eigenvalue weighted by molar-refractivity contribution is 7.98. The van der Waals surface area contributed by atoms with Crippen LogP contribution >= 0.6 is 23.1 Å². The molecule has 3 rings (SSSR count). The van der Waals surface area contributed by atoms with Gasteiger partial charge in [0.15, 0.2) is 5.16 Å². The van der Waals surface area contributed by atoms with Crippen molar-refractivity contribution >= 4 is 34.9 Å². The van der Waals surface area contributed by atoms with Gasteiger partial charge in [-0.3, -0.25) is 9.59 Å². The van der Waals surface area contributed by atoms with Crippen LogP contribution in [-0.2, 0) is 11.2 Å². The lowest BCUT2D eigenvalue weighted by Gasteiger charge is -2.34. The van der Waals surface area contributed by atoms with E-state index in [1.54, 1.807) is 0 Å². The van der Waals surface area contributed by atoms with Gasteiger partial charge in [-0.1, -0.05) is 17.8 Å². The van der Waals surface area contributed by atoms with Crippen molar-refractivity contribution in [1.29, 1.82) is 0 Å². The molecule has 0 spiro atoms. The monoisotopic (exact) mass is 404 g/mol. The molecule has 27 heavy (non-hydrogen) atoms. The number of thioether (sulfide) groups is 1. The van der Waals surface area contributed by atoms with E-state index in [1.807, 2.05) is 47.4 Å². The molecule has 0 atom stereocenters. The van der Waals surface area contributed by atoms with Crippen LogP contribution in [0.3, 0.4) is 0 Å². The maximum absolute atomic E-state index is 12.6. The minimum atomic E-state index is 0.0642. The summed E-state index contributed by atoms with van der Waals surface area (Å²) in [6, 6.07) is 3.73. The number of carbonyl (C=O) groups excluding carboxylic acids is 2. The van der Waals surface area contributed by atoms with E-state index in [9.17, 15) is 9.59 Å². The third-order valence-electron chi connectivity index (χ3n) is 4.82. The number of hydrogen-bond acceptors (Lipinski definition) is 6. The SMILES string of the molecule is CSc1nc(C)c(CCC(=O)N2CCN(C(=O)c3cccs3)CC2)c(C)n1. The van der Waals surface area contributed by atoms with Crippen molar-refractivity contribution in [3.05, 3.63) is 39.3 Å². The molecule has 2 amide bonds. The van der Waals surface area contributed by atoms with Gasteiger partial charge in [0.05, 0.1) is 4.88 Å². The molecule has 0 aliphatic carbocycles. The largest absolute Gasteiger partial charge is 0.339 e. The highest BCUT2D eigenvalue weighted by Gasteiger charge is 2.25. The van der Waals surface area contributed by atoms with Crippen LogP contribution in [0.25, 0.3) is 0 Å². The molecule has 8 heteroatoms. The number of hydrogen-bond donors (Lipinski definition) is 0. The van der Waals surface area contributed by atoms with Gasteiger partial charge in [-0.25, -0.2) is 9.97 Å². The molecule has 0 aromatic carbocycles. The van der Waals surface area contributed by atoms with E-state index in [2.05, 4.69) is 9.97 Å². The molecule has 0 saturated carbocycles.